The molecule has 0 bridgehead atoms. The van der Waals surface area contributed by atoms with Gasteiger partial charge in [0.05, 0.1) is 6.61 Å². The lowest BCUT2D eigenvalue weighted by Crippen LogP contribution is -2.23. The number of rotatable bonds is 5. The molecule has 0 spiro atoms. The zero-order valence-electron chi connectivity index (χ0n) is 11.3. The first-order chi connectivity index (χ1) is 8.95. The van der Waals surface area contributed by atoms with Crippen molar-refractivity contribution in [1.82, 2.24) is 0 Å². The third-order valence-electron chi connectivity index (χ3n) is 3.39. The lowest BCUT2D eigenvalue weighted by Gasteiger charge is -2.25. The van der Waals surface area contributed by atoms with Gasteiger partial charge < -0.3 is 4.74 Å². The summed E-state index contributed by atoms with van der Waals surface area (Å²) in [5, 5.41) is 0. The Kier molecular flexibility index (Phi) is 6.38. The normalized spacial score (nSPS) is 18.4. The molecule has 0 heterocycles. The van der Waals surface area contributed by atoms with Gasteiger partial charge in [-0.1, -0.05) is 32.6 Å². The Bertz CT molecular complexity index is 315. The maximum Gasteiger partial charge on any atom is 0.413 e. The molecule has 0 amide bonds. The molecular weight excluding hydrogens is 257 g/mol. The highest BCUT2D eigenvalue weighted by Gasteiger charge is 2.39. The van der Waals surface area contributed by atoms with E-state index < -0.39 is 23.6 Å². The second kappa shape index (κ2) is 7.56. The third-order valence-corrected chi connectivity index (χ3v) is 3.39. The van der Waals surface area contributed by atoms with Crippen LogP contribution in [0.4, 0.5) is 13.2 Å². The Balaban J connectivity index is 2.70. The molecule has 0 saturated heterocycles. The van der Waals surface area contributed by atoms with Crippen LogP contribution in [-0.2, 0) is 9.53 Å². The summed E-state index contributed by atoms with van der Waals surface area (Å²) in [7, 11) is 0. The van der Waals surface area contributed by atoms with Crippen molar-refractivity contribution in [3.8, 4) is 0 Å². The fourth-order valence-electron chi connectivity index (χ4n) is 2.33. The highest BCUT2D eigenvalue weighted by Crippen LogP contribution is 2.38. The summed E-state index contributed by atoms with van der Waals surface area (Å²) >= 11 is 0. The molecule has 1 saturated carbocycles. The van der Waals surface area contributed by atoms with Crippen LogP contribution in [0.5, 0.6) is 0 Å². The van der Waals surface area contributed by atoms with E-state index in [1.807, 2.05) is 6.92 Å². The fourth-order valence-corrected chi connectivity index (χ4v) is 2.33. The van der Waals surface area contributed by atoms with E-state index in [9.17, 15) is 18.0 Å². The van der Waals surface area contributed by atoms with E-state index in [1.165, 1.54) is 0 Å². The van der Waals surface area contributed by atoms with Crippen molar-refractivity contribution in [1.29, 1.82) is 0 Å². The number of carbonyl (C=O) groups is 1. The standard InChI is InChI=1S/C14H21F3O2/c1-2-3-9-19-13(18)10-12(14(15,16)17)11-7-5-4-6-8-11/h10-11H,2-9H2,1H3/b12-10-. The van der Waals surface area contributed by atoms with Gasteiger partial charge in [0.2, 0.25) is 0 Å². The van der Waals surface area contributed by atoms with Crippen LogP contribution in [0.15, 0.2) is 11.6 Å². The number of halogens is 3. The lowest BCUT2D eigenvalue weighted by atomic mass is 9.83. The largest absolute Gasteiger partial charge is 0.463 e. The number of ether oxygens (including phenoxy) is 1. The molecule has 1 fully saturated rings. The first-order valence-corrected chi connectivity index (χ1v) is 6.90. The number of esters is 1. The second-order valence-electron chi connectivity index (χ2n) is 4.95. The molecule has 1 aliphatic carbocycles. The first-order valence-electron chi connectivity index (χ1n) is 6.90. The Morgan fingerprint density at radius 3 is 2.42 bits per heavy atom. The predicted molar refractivity (Wildman–Crippen MR) is 66.6 cm³/mol. The van der Waals surface area contributed by atoms with Crippen molar-refractivity contribution in [3.63, 3.8) is 0 Å². The summed E-state index contributed by atoms with van der Waals surface area (Å²) in [6.07, 6.45) is 1.31. The van der Waals surface area contributed by atoms with Gasteiger partial charge in [0.25, 0.3) is 0 Å². The van der Waals surface area contributed by atoms with Crippen LogP contribution < -0.4 is 0 Å². The number of allylic oxidation sites excluding steroid dienone is 1. The van der Waals surface area contributed by atoms with E-state index in [4.69, 9.17) is 4.74 Å². The third kappa shape index (κ3) is 5.66. The van der Waals surface area contributed by atoms with Gasteiger partial charge in [-0.05, 0) is 25.2 Å². The molecule has 0 radical (unpaired) electrons. The molecule has 0 aromatic heterocycles. The van der Waals surface area contributed by atoms with Gasteiger partial charge in [0.1, 0.15) is 0 Å². The zero-order valence-corrected chi connectivity index (χ0v) is 11.3. The van der Waals surface area contributed by atoms with E-state index >= 15 is 0 Å². The van der Waals surface area contributed by atoms with E-state index in [0.29, 0.717) is 25.3 Å². The molecule has 5 heteroatoms. The SMILES string of the molecule is CCCCOC(=O)/C=C(/C1CCCCC1)C(F)(F)F. The molecule has 1 rings (SSSR count). The number of hydrogen-bond donors (Lipinski definition) is 0. The lowest BCUT2D eigenvalue weighted by molar-refractivity contribution is -0.139. The zero-order chi connectivity index (χ0) is 14.3. The van der Waals surface area contributed by atoms with Crippen LogP contribution in [0.1, 0.15) is 51.9 Å². The Hall–Kier alpha value is -1.00. The van der Waals surface area contributed by atoms with E-state index in [1.54, 1.807) is 0 Å². The van der Waals surface area contributed by atoms with Gasteiger partial charge in [0.15, 0.2) is 0 Å². The van der Waals surface area contributed by atoms with Crippen molar-refractivity contribution in [2.45, 2.75) is 58.0 Å². The summed E-state index contributed by atoms with van der Waals surface area (Å²) in [5.41, 5.74) is -0.714. The topological polar surface area (TPSA) is 26.3 Å². The quantitative estimate of drug-likeness (QED) is 0.423. The average molecular weight is 278 g/mol. The molecular formula is C14H21F3O2. The molecule has 0 atom stereocenters. The minimum Gasteiger partial charge on any atom is -0.463 e. The van der Waals surface area contributed by atoms with Crippen LogP contribution in [0, 0.1) is 5.92 Å². The maximum absolute atomic E-state index is 13.0. The van der Waals surface area contributed by atoms with Crippen molar-refractivity contribution in [3.05, 3.63) is 11.6 Å². The predicted octanol–water partition coefficient (Wildman–Crippen LogP) is 4.40. The van der Waals surface area contributed by atoms with Crippen LogP contribution in [-0.4, -0.2) is 18.8 Å². The number of hydrogen-bond acceptors (Lipinski definition) is 2. The van der Waals surface area contributed by atoms with E-state index in [-0.39, 0.29) is 6.61 Å². The van der Waals surface area contributed by atoms with Gasteiger partial charge in [-0.3, -0.25) is 0 Å². The summed E-state index contributed by atoms with van der Waals surface area (Å²) < 4.78 is 43.7. The molecule has 2 nitrogen and oxygen atoms in total. The number of carbonyl (C=O) groups excluding carboxylic acids is 1. The molecule has 0 aromatic rings. The molecule has 110 valence electrons. The summed E-state index contributed by atoms with van der Waals surface area (Å²) in [5.74, 6) is -1.42. The summed E-state index contributed by atoms with van der Waals surface area (Å²) in [6, 6.07) is 0. The van der Waals surface area contributed by atoms with Crippen molar-refractivity contribution in [2.24, 2.45) is 5.92 Å². The van der Waals surface area contributed by atoms with Crippen LogP contribution in [0.2, 0.25) is 0 Å². The van der Waals surface area contributed by atoms with Gasteiger partial charge in [-0.2, -0.15) is 13.2 Å². The maximum atomic E-state index is 13.0. The Morgan fingerprint density at radius 1 is 1.26 bits per heavy atom. The summed E-state index contributed by atoms with van der Waals surface area (Å²) in [6.45, 7) is 2.11. The molecule has 1 aliphatic rings. The van der Waals surface area contributed by atoms with Crippen molar-refractivity contribution >= 4 is 5.97 Å². The van der Waals surface area contributed by atoms with Gasteiger partial charge in [-0.25, -0.2) is 4.79 Å². The van der Waals surface area contributed by atoms with E-state index in [2.05, 4.69) is 0 Å². The molecule has 0 aliphatic heterocycles. The Labute approximate surface area is 112 Å². The minimum atomic E-state index is -4.44. The highest BCUT2D eigenvalue weighted by atomic mass is 19.4. The fraction of sp³-hybridized carbons (Fsp3) is 0.786. The van der Waals surface area contributed by atoms with Crippen molar-refractivity contribution in [2.75, 3.05) is 6.61 Å². The van der Waals surface area contributed by atoms with Gasteiger partial charge >= 0.3 is 12.1 Å². The smallest absolute Gasteiger partial charge is 0.413 e. The van der Waals surface area contributed by atoms with Crippen molar-refractivity contribution < 1.29 is 22.7 Å². The Morgan fingerprint density at radius 2 is 1.89 bits per heavy atom. The number of alkyl halides is 3. The van der Waals surface area contributed by atoms with Crippen LogP contribution in [0.3, 0.4) is 0 Å². The second-order valence-corrected chi connectivity index (χ2v) is 4.95. The van der Waals surface area contributed by atoms with E-state index in [0.717, 1.165) is 25.7 Å². The molecule has 19 heavy (non-hydrogen) atoms. The monoisotopic (exact) mass is 278 g/mol. The van der Waals surface area contributed by atoms with Crippen LogP contribution >= 0.6 is 0 Å². The van der Waals surface area contributed by atoms with Gasteiger partial charge in [-0.15, -0.1) is 0 Å². The first kappa shape index (κ1) is 16.1. The highest BCUT2D eigenvalue weighted by molar-refractivity contribution is 5.83. The molecule has 0 unspecified atom stereocenters. The van der Waals surface area contributed by atoms with Gasteiger partial charge in [0, 0.05) is 11.6 Å². The summed E-state index contributed by atoms with van der Waals surface area (Å²) in [4.78, 5) is 11.4. The minimum absolute atomic E-state index is 0.182. The number of unbranched alkanes of at least 4 members (excludes halogenated alkanes) is 1. The molecule has 0 aromatic carbocycles. The molecule has 0 N–H and O–H groups in total. The average Bonchev–Trinajstić information content (AvgIpc) is 2.36. The van der Waals surface area contributed by atoms with Crippen LogP contribution in [0.25, 0.3) is 0 Å².